The zero-order chi connectivity index (χ0) is 31.4. The maximum atomic E-state index is 14.1. The lowest BCUT2D eigenvalue weighted by Crippen LogP contribution is -2.47. The molecule has 3 aliphatic rings. The number of carbonyl (C=O) groups is 2. The van der Waals surface area contributed by atoms with E-state index in [4.69, 9.17) is 4.74 Å². The van der Waals surface area contributed by atoms with E-state index in [9.17, 15) is 22.8 Å². The van der Waals surface area contributed by atoms with Crippen LogP contribution in [-0.2, 0) is 17.4 Å². The minimum absolute atomic E-state index is 0.0166. The van der Waals surface area contributed by atoms with E-state index in [1.165, 1.54) is 7.11 Å². The number of piperidine rings is 1. The van der Waals surface area contributed by atoms with Crippen LogP contribution in [0.1, 0.15) is 85.8 Å². The Balaban J connectivity index is 1.33. The van der Waals surface area contributed by atoms with E-state index in [1.54, 1.807) is 30.1 Å². The van der Waals surface area contributed by atoms with Gasteiger partial charge in [0.1, 0.15) is 5.75 Å². The molecule has 11 heteroatoms. The van der Waals surface area contributed by atoms with Crippen molar-refractivity contribution in [2.45, 2.75) is 82.8 Å². The number of nitrogens with one attached hydrogen (secondary N) is 1. The van der Waals surface area contributed by atoms with Crippen molar-refractivity contribution >= 4 is 23.3 Å². The molecule has 0 radical (unpaired) electrons. The highest BCUT2D eigenvalue weighted by atomic mass is 19.4. The number of anilines is 2. The summed E-state index contributed by atoms with van der Waals surface area (Å²) in [5.41, 5.74) is 0.0436. The molecule has 2 aliphatic carbocycles. The number of hydrogen-bond donors (Lipinski definition) is 1. The zero-order valence-corrected chi connectivity index (χ0v) is 26.0. The average molecular weight is 616 g/mol. The number of nitrogens with zero attached hydrogens (tertiary/aromatic N) is 4. The van der Waals surface area contributed by atoms with Gasteiger partial charge in [0.25, 0.3) is 0 Å². The smallest absolute Gasteiger partial charge is 0.419 e. The van der Waals surface area contributed by atoms with Crippen LogP contribution in [0.4, 0.5) is 24.8 Å². The van der Waals surface area contributed by atoms with Gasteiger partial charge >= 0.3 is 6.18 Å². The Kier molecular flexibility index (Phi) is 10.1. The van der Waals surface area contributed by atoms with Gasteiger partial charge in [0.2, 0.25) is 11.9 Å². The summed E-state index contributed by atoms with van der Waals surface area (Å²) >= 11 is 0. The Labute approximate surface area is 257 Å². The van der Waals surface area contributed by atoms with Gasteiger partial charge in [-0.25, -0.2) is 9.97 Å². The van der Waals surface area contributed by atoms with Crippen molar-refractivity contribution in [1.82, 2.24) is 19.8 Å². The topological polar surface area (TPSA) is 87.7 Å². The molecule has 240 valence electrons. The van der Waals surface area contributed by atoms with Crippen LogP contribution in [-0.4, -0.2) is 71.8 Å². The van der Waals surface area contributed by atoms with Gasteiger partial charge in [0, 0.05) is 37.2 Å². The fraction of sp³-hybridized carbons (Fsp3) is 0.636. The molecule has 1 saturated heterocycles. The van der Waals surface area contributed by atoms with E-state index in [0.717, 1.165) is 77.1 Å². The molecular formula is C33H44F3N5O3. The third kappa shape index (κ3) is 7.53. The monoisotopic (exact) mass is 615 g/mol. The number of amides is 1. The molecule has 2 atom stereocenters. The van der Waals surface area contributed by atoms with Crippen LogP contribution in [0.3, 0.4) is 0 Å². The summed E-state index contributed by atoms with van der Waals surface area (Å²) in [4.78, 5) is 38.5. The van der Waals surface area contributed by atoms with Gasteiger partial charge in [-0.3, -0.25) is 9.59 Å². The molecular weight excluding hydrogens is 571 g/mol. The second-order valence-electron chi connectivity index (χ2n) is 12.9. The van der Waals surface area contributed by atoms with Crippen LogP contribution in [0.5, 0.6) is 5.75 Å². The summed E-state index contributed by atoms with van der Waals surface area (Å²) in [5, 5.41) is 3.02. The normalized spacial score (nSPS) is 21.9. The zero-order valence-electron chi connectivity index (χ0n) is 26.0. The number of hydrogen-bond acceptors (Lipinski definition) is 7. The van der Waals surface area contributed by atoms with Gasteiger partial charge in [-0.1, -0.05) is 19.3 Å². The predicted molar refractivity (Wildman–Crippen MR) is 162 cm³/mol. The molecule has 0 spiro atoms. The van der Waals surface area contributed by atoms with E-state index in [1.807, 2.05) is 0 Å². The lowest BCUT2D eigenvalue weighted by Gasteiger charge is -2.41. The number of ketones is 1. The van der Waals surface area contributed by atoms with Crippen LogP contribution >= 0.6 is 0 Å². The van der Waals surface area contributed by atoms with E-state index < -0.39 is 11.7 Å². The minimum atomic E-state index is -4.61. The Morgan fingerprint density at radius 2 is 1.80 bits per heavy atom. The molecule has 3 fully saturated rings. The molecule has 2 aromatic rings. The van der Waals surface area contributed by atoms with Crippen LogP contribution in [0.2, 0.25) is 0 Å². The third-order valence-electron chi connectivity index (χ3n) is 9.88. The predicted octanol–water partition coefficient (Wildman–Crippen LogP) is 6.52. The molecule has 2 heterocycles. The number of ether oxygens (including phenoxy) is 1. The van der Waals surface area contributed by atoms with Crippen molar-refractivity contribution in [3.63, 3.8) is 0 Å². The van der Waals surface area contributed by atoms with E-state index >= 15 is 0 Å². The number of methoxy groups -OCH3 is 1. The molecule has 1 amide bonds. The van der Waals surface area contributed by atoms with Gasteiger partial charge in [-0.2, -0.15) is 13.2 Å². The molecule has 2 saturated carbocycles. The summed E-state index contributed by atoms with van der Waals surface area (Å²) in [7, 11) is 5.37. The van der Waals surface area contributed by atoms with Crippen molar-refractivity contribution in [2.24, 2.45) is 17.8 Å². The van der Waals surface area contributed by atoms with Crippen LogP contribution in [0.25, 0.3) is 0 Å². The summed E-state index contributed by atoms with van der Waals surface area (Å²) < 4.78 is 47.9. The first kappa shape index (κ1) is 32.2. The number of likely N-dealkylation sites (tertiary alicyclic amines) is 1. The van der Waals surface area contributed by atoms with Gasteiger partial charge < -0.3 is 19.9 Å². The largest absolute Gasteiger partial charge is 0.495 e. The van der Waals surface area contributed by atoms with Crippen molar-refractivity contribution in [3.05, 3.63) is 41.2 Å². The summed E-state index contributed by atoms with van der Waals surface area (Å²) in [6.07, 6.45) is 4.94. The van der Waals surface area contributed by atoms with E-state index in [0.29, 0.717) is 29.3 Å². The second-order valence-corrected chi connectivity index (χ2v) is 12.9. The van der Waals surface area contributed by atoms with Gasteiger partial charge in [-0.15, -0.1) is 0 Å². The molecule has 44 heavy (non-hydrogen) atoms. The standard InChI is InChI=1S/C33H44F3N5O3/c1-40-15-13-21(14-16-40)17-29(42)24-11-12-26(30(19-24)44-3)38-32-37-20-25(33(34,35)36)27(39-32)18-23-7-4-5-10-28(23)41(2)31(43)22-8-6-9-22/h11-12,19-23,28H,4-10,13-18H2,1-3H3,(H,37,38,39)/t23-,28+/m0/s1. The van der Waals surface area contributed by atoms with Crippen molar-refractivity contribution in [2.75, 3.05) is 39.6 Å². The quantitative estimate of drug-likeness (QED) is 0.305. The summed E-state index contributed by atoms with van der Waals surface area (Å²) in [5.74, 6) is 0.798. The van der Waals surface area contributed by atoms with Gasteiger partial charge in [0.15, 0.2) is 5.78 Å². The molecule has 1 N–H and O–H groups in total. The van der Waals surface area contributed by atoms with Gasteiger partial charge in [-0.05, 0) is 95.1 Å². The number of carbonyl (C=O) groups excluding carboxylic acids is 2. The lowest BCUT2D eigenvalue weighted by atomic mass is 9.78. The average Bonchev–Trinajstić information content (AvgIpc) is 2.97. The molecule has 1 aliphatic heterocycles. The first-order chi connectivity index (χ1) is 21.0. The second kappa shape index (κ2) is 13.8. The van der Waals surface area contributed by atoms with Crippen LogP contribution < -0.4 is 10.1 Å². The number of Topliss-reactive ketones (excluding diaryl/α,β-unsaturated/α-hetero) is 1. The highest BCUT2D eigenvalue weighted by Crippen LogP contribution is 2.38. The summed E-state index contributed by atoms with van der Waals surface area (Å²) in [6, 6.07) is 4.92. The van der Waals surface area contributed by atoms with Crippen molar-refractivity contribution in [1.29, 1.82) is 0 Å². The number of rotatable bonds is 10. The Hall–Kier alpha value is -3.21. The highest BCUT2D eigenvalue weighted by Gasteiger charge is 2.39. The number of benzene rings is 1. The molecule has 1 aromatic carbocycles. The van der Waals surface area contributed by atoms with E-state index in [2.05, 4.69) is 27.2 Å². The SMILES string of the molecule is COc1cc(C(=O)CC2CCN(C)CC2)ccc1Nc1ncc(C(F)(F)F)c(C[C@@H]2CCCC[C@H]2N(C)C(=O)C2CCC2)n1. The fourth-order valence-corrected chi connectivity index (χ4v) is 6.90. The van der Waals surface area contributed by atoms with Crippen molar-refractivity contribution in [3.8, 4) is 5.75 Å². The maximum absolute atomic E-state index is 14.1. The fourth-order valence-electron chi connectivity index (χ4n) is 6.90. The maximum Gasteiger partial charge on any atom is 0.419 e. The Bertz CT molecular complexity index is 1320. The summed E-state index contributed by atoms with van der Waals surface area (Å²) in [6.45, 7) is 1.96. The molecule has 8 nitrogen and oxygen atoms in total. The first-order valence-electron chi connectivity index (χ1n) is 15.9. The van der Waals surface area contributed by atoms with E-state index in [-0.39, 0.29) is 47.6 Å². The highest BCUT2D eigenvalue weighted by molar-refractivity contribution is 5.97. The first-order valence-corrected chi connectivity index (χ1v) is 15.9. The lowest BCUT2D eigenvalue weighted by molar-refractivity contribution is -0.142. The Morgan fingerprint density at radius 1 is 1.07 bits per heavy atom. The number of alkyl halides is 3. The van der Waals surface area contributed by atoms with Crippen LogP contribution in [0, 0.1) is 17.8 Å². The number of aromatic nitrogens is 2. The molecule has 0 bridgehead atoms. The molecule has 5 rings (SSSR count). The van der Waals surface area contributed by atoms with Crippen molar-refractivity contribution < 1.29 is 27.5 Å². The molecule has 1 aromatic heterocycles. The number of halogens is 3. The molecule has 0 unspecified atom stereocenters. The Morgan fingerprint density at radius 3 is 2.45 bits per heavy atom. The van der Waals surface area contributed by atoms with Crippen LogP contribution in [0.15, 0.2) is 24.4 Å². The minimum Gasteiger partial charge on any atom is -0.495 e. The third-order valence-corrected chi connectivity index (χ3v) is 9.88. The van der Waals surface area contributed by atoms with Gasteiger partial charge in [0.05, 0.1) is 24.1 Å².